The summed E-state index contributed by atoms with van der Waals surface area (Å²) in [6.07, 6.45) is 1.46. The van der Waals surface area contributed by atoms with Crippen molar-refractivity contribution < 1.29 is 28.2 Å². The van der Waals surface area contributed by atoms with Gasteiger partial charge in [0.1, 0.15) is 24.7 Å². The second-order valence-corrected chi connectivity index (χ2v) is 9.07. The lowest BCUT2D eigenvalue weighted by Gasteiger charge is -2.14. The van der Waals surface area contributed by atoms with E-state index in [1.54, 1.807) is 18.2 Å². The molecule has 8 nitrogen and oxygen atoms in total. The first-order valence-electron chi connectivity index (χ1n) is 11.2. The van der Waals surface area contributed by atoms with Gasteiger partial charge >= 0.3 is 6.03 Å². The molecule has 0 radical (unpaired) electrons. The van der Waals surface area contributed by atoms with Gasteiger partial charge in [0, 0.05) is 0 Å². The van der Waals surface area contributed by atoms with Crippen molar-refractivity contribution in [1.82, 2.24) is 10.2 Å². The molecule has 0 unspecified atom stereocenters. The van der Waals surface area contributed by atoms with E-state index >= 15 is 0 Å². The summed E-state index contributed by atoms with van der Waals surface area (Å²) in [4.78, 5) is 38.2. The molecule has 1 saturated heterocycles. The number of anilines is 1. The predicted molar refractivity (Wildman–Crippen MR) is 139 cm³/mol. The molecule has 1 heterocycles. The van der Waals surface area contributed by atoms with Crippen molar-refractivity contribution in [2.24, 2.45) is 0 Å². The van der Waals surface area contributed by atoms with Gasteiger partial charge in [0.05, 0.1) is 17.3 Å². The number of aryl methyl sites for hydroxylation is 1. The average molecular weight is 568 g/mol. The van der Waals surface area contributed by atoms with Crippen LogP contribution >= 0.6 is 15.9 Å². The Kier molecular flexibility index (Phi) is 7.88. The third-order valence-electron chi connectivity index (χ3n) is 5.48. The molecule has 2 N–H and O–H groups in total. The van der Waals surface area contributed by atoms with Crippen LogP contribution in [0.4, 0.5) is 14.9 Å². The molecule has 0 atom stereocenters. The van der Waals surface area contributed by atoms with Crippen molar-refractivity contribution in [1.29, 1.82) is 0 Å². The van der Waals surface area contributed by atoms with Gasteiger partial charge in [-0.2, -0.15) is 0 Å². The van der Waals surface area contributed by atoms with E-state index < -0.39 is 30.2 Å². The van der Waals surface area contributed by atoms with Crippen LogP contribution in [-0.4, -0.2) is 36.4 Å². The van der Waals surface area contributed by atoms with Crippen LogP contribution in [-0.2, 0) is 16.2 Å². The van der Waals surface area contributed by atoms with Crippen molar-refractivity contribution in [3.8, 4) is 11.5 Å². The van der Waals surface area contributed by atoms with Crippen LogP contribution in [0.25, 0.3) is 6.08 Å². The third kappa shape index (κ3) is 6.15. The SMILES string of the molecule is COc1cc(/C=C2/NC(=O)N(CC(=O)Nc3ccccc3F)C2=O)cc(Br)c1OCc1ccc(C)cc1. The Hall–Kier alpha value is -4.18. The minimum Gasteiger partial charge on any atom is -0.493 e. The van der Waals surface area contributed by atoms with Crippen LogP contribution < -0.4 is 20.1 Å². The highest BCUT2D eigenvalue weighted by atomic mass is 79.9. The van der Waals surface area contributed by atoms with Gasteiger partial charge in [-0.05, 0) is 64.3 Å². The minimum absolute atomic E-state index is 0.0223. The lowest BCUT2D eigenvalue weighted by molar-refractivity contribution is -0.127. The molecular formula is C27H23BrFN3O5. The molecule has 1 aliphatic rings. The zero-order valence-electron chi connectivity index (χ0n) is 20.0. The Bertz CT molecular complexity index is 1390. The highest BCUT2D eigenvalue weighted by Crippen LogP contribution is 2.38. The molecule has 0 bridgehead atoms. The molecule has 4 amide bonds. The zero-order chi connectivity index (χ0) is 26.5. The standard InChI is InChI=1S/C27H23BrFN3O5/c1-16-7-9-17(10-8-16)15-37-25-19(28)11-18(13-23(25)36-2)12-22-26(34)32(27(35)31-22)14-24(33)30-21-6-4-3-5-20(21)29/h3-13H,14-15H2,1-2H3,(H,30,33)(H,31,35)/b22-12+. The highest BCUT2D eigenvalue weighted by Gasteiger charge is 2.35. The number of imide groups is 1. The summed E-state index contributed by atoms with van der Waals surface area (Å²) in [5.41, 5.74) is 2.62. The zero-order valence-corrected chi connectivity index (χ0v) is 21.6. The lowest BCUT2D eigenvalue weighted by Crippen LogP contribution is -2.38. The molecule has 0 aromatic heterocycles. The molecule has 4 rings (SSSR count). The number of ether oxygens (including phenoxy) is 2. The van der Waals surface area contributed by atoms with Crippen molar-refractivity contribution in [3.63, 3.8) is 0 Å². The number of carbonyl (C=O) groups excluding carboxylic acids is 3. The maximum absolute atomic E-state index is 13.8. The van der Waals surface area contributed by atoms with Crippen LogP contribution in [0.1, 0.15) is 16.7 Å². The van der Waals surface area contributed by atoms with Crippen molar-refractivity contribution in [2.45, 2.75) is 13.5 Å². The van der Waals surface area contributed by atoms with Crippen LogP contribution in [0.15, 0.2) is 70.8 Å². The quantitative estimate of drug-likeness (QED) is 0.294. The molecule has 190 valence electrons. The van der Waals surface area contributed by atoms with Gasteiger partial charge in [-0.15, -0.1) is 0 Å². The molecule has 1 aliphatic heterocycles. The van der Waals surface area contributed by atoms with Crippen LogP contribution in [0.3, 0.4) is 0 Å². The van der Waals surface area contributed by atoms with Crippen molar-refractivity contribution >= 4 is 45.5 Å². The van der Waals surface area contributed by atoms with E-state index in [2.05, 4.69) is 26.6 Å². The molecule has 10 heteroatoms. The fraction of sp³-hybridized carbons (Fsp3) is 0.148. The predicted octanol–water partition coefficient (Wildman–Crippen LogP) is 5.02. The highest BCUT2D eigenvalue weighted by molar-refractivity contribution is 9.10. The summed E-state index contributed by atoms with van der Waals surface area (Å²) in [7, 11) is 1.50. The maximum atomic E-state index is 13.8. The van der Waals surface area contributed by atoms with E-state index in [1.165, 1.54) is 31.4 Å². The summed E-state index contributed by atoms with van der Waals surface area (Å²) in [6, 6.07) is 16.2. The number of nitrogens with one attached hydrogen (secondary N) is 2. The summed E-state index contributed by atoms with van der Waals surface area (Å²) in [5, 5.41) is 4.82. The minimum atomic E-state index is -0.760. The summed E-state index contributed by atoms with van der Waals surface area (Å²) in [6.45, 7) is 1.76. The second kappa shape index (κ2) is 11.3. The first kappa shape index (κ1) is 25.9. The Morgan fingerprint density at radius 3 is 2.57 bits per heavy atom. The van der Waals surface area contributed by atoms with Gasteiger partial charge in [-0.1, -0.05) is 42.0 Å². The van der Waals surface area contributed by atoms with E-state index in [0.717, 1.165) is 16.0 Å². The number of rotatable bonds is 8. The van der Waals surface area contributed by atoms with E-state index in [1.807, 2.05) is 31.2 Å². The molecule has 0 aliphatic carbocycles. The van der Waals surface area contributed by atoms with Gasteiger partial charge in [0.15, 0.2) is 11.5 Å². The molecule has 37 heavy (non-hydrogen) atoms. The fourth-order valence-corrected chi connectivity index (χ4v) is 4.15. The lowest BCUT2D eigenvalue weighted by atomic mass is 10.1. The van der Waals surface area contributed by atoms with E-state index in [-0.39, 0.29) is 11.4 Å². The first-order chi connectivity index (χ1) is 17.7. The van der Waals surface area contributed by atoms with E-state index in [9.17, 15) is 18.8 Å². The van der Waals surface area contributed by atoms with Gasteiger partial charge in [0.25, 0.3) is 5.91 Å². The smallest absolute Gasteiger partial charge is 0.329 e. The number of nitrogens with zero attached hydrogens (tertiary/aromatic N) is 1. The van der Waals surface area contributed by atoms with Crippen LogP contribution in [0.2, 0.25) is 0 Å². The van der Waals surface area contributed by atoms with Crippen LogP contribution in [0.5, 0.6) is 11.5 Å². The number of amides is 4. The van der Waals surface area contributed by atoms with E-state index in [0.29, 0.717) is 28.1 Å². The van der Waals surface area contributed by atoms with Crippen molar-refractivity contribution in [2.75, 3.05) is 19.0 Å². The fourth-order valence-electron chi connectivity index (χ4n) is 3.58. The summed E-state index contributed by atoms with van der Waals surface area (Å²) >= 11 is 3.48. The van der Waals surface area contributed by atoms with Gasteiger partial charge in [-0.25, -0.2) is 14.1 Å². The average Bonchev–Trinajstić information content (AvgIpc) is 3.12. The molecule has 0 spiro atoms. The molecule has 3 aromatic rings. The number of halogens is 2. The Labute approximate surface area is 221 Å². The molecule has 0 saturated carbocycles. The monoisotopic (exact) mass is 567 g/mol. The van der Waals surface area contributed by atoms with Gasteiger partial charge in [0.2, 0.25) is 5.91 Å². The topological polar surface area (TPSA) is 97.0 Å². The number of hydrogen-bond donors (Lipinski definition) is 2. The van der Waals surface area contributed by atoms with Crippen molar-refractivity contribution in [3.05, 3.63) is 93.3 Å². The molecule has 3 aromatic carbocycles. The number of para-hydroxylation sites is 1. The largest absolute Gasteiger partial charge is 0.493 e. The van der Waals surface area contributed by atoms with Gasteiger partial charge < -0.3 is 20.1 Å². The Morgan fingerprint density at radius 1 is 1.14 bits per heavy atom. The number of benzene rings is 3. The number of methoxy groups -OCH3 is 1. The summed E-state index contributed by atoms with van der Waals surface area (Å²) in [5.74, 6) is -1.12. The molecular weight excluding hydrogens is 545 g/mol. The third-order valence-corrected chi connectivity index (χ3v) is 6.07. The van der Waals surface area contributed by atoms with Gasteiger partial charge in [-0.3, -0.25) is 9.59 Å². The van der Waals surface area contributed by atoms with Crippen LogP contribution in [0, 0.1) is 12.7 Å². The first-order valence-corrected chi connectivity index (χ1v) is 12.0. The van der Waals surface area contributed by atoms with E-state index in [4.69, 9.17) is 9.47 Å². The Morgan fingerprint density at radius 2 is 1.86 bits per heavy atom. The number of urea groups is 1. The molecule has 1 fully saturated rings. The Balaban J connectivity index is 1.47. The second-order valence-electron chi connectivity index (χ2n) is 8.22. The number of carbonyl (C=O) groups is 3. The number of hydrogen-bond acceptors (Lipinski definition) is 5. The normalized spacial score (nSPS) is 14.1. The summed E-state index contributed by atoms with van der Waals surface area (Å²) < 4.78 is 25.8. The maximum Gasteiger partial charge on any atom is 0.329 e.